The summed E-state index contributed by atoms with van der Waals surface area (Å²) < 4.78 is 38.0. The molecule has 2 aromatic carbocycles. The lowest BCUT2D eigenvalue weighted by molar-refractivity contribution is 0.167. The molecular weight excluding hydrogens is 415 g/mol. The van der Waals surface area contributed by atoms with Gasteiger partial charge in [0.15, 0.2) is 0 Å². The number of carbonyl (C=O) groups excluding carboxylic acids is 1. The number of halogens is 2. The maximum atomic E-state index is 12.7. The summed E-state index contributed by atoms with van der Waals surface area (Å²) in [6, 6.07) is 8.46. The first-order chi connectivity index (χ1) is 12.8. The largest absolute Gasteiger partial charge is 0.492 e. The Labute approximate surface area is 167 Å². The Balaban J connectivity index is 2.34. The lowest BCUT2D eigenvalue weighted by Gasteiger charge is -2.14. The Kier molecular flexibility index (Phi) is 7.18. The molecule has 1 amide bonds. The van der Waals surface area contributed by atoms with E-state index < -0.39 is 16.1 Å². The maximum Gasteiger partial charge on any atom is 0.411 e. The van der Waals surface area contributed by atoms with E-state index in [1.807, 2.05) is 0 Å². The molecule has 0 bridgehead atoms. The summed E-state index contributed by atoms with van der Waals surface area (Å²) in [6.07, 6.45) is -0.717. The first-order valence-electron chi connectivity index (χ1n) is 7.95. The zero-order chi connectivity index (χ0) is 20.0. The Morgan fingerprint density at radius 1 is 1.04 bits per heavy atom. The van der Waals surface area contributed by atoms with E-state index in [0.29, 0.717) is 17.4 Å². The fourth-order valence-corrected chi connectivity index (χ4v) is 3.48. The third-order valence-electron chi connectivity index (χ3n) is 3.25. The molecule has 2 rings (SSSR count). The van der Waals surface area contributed by atoms with Gasteiger partial charge in [-0.25, -0.2) is 13.2 Å². The van der Waals surface area contributed by atoms with Crippen LogP contribution in [0.3, 0.4) is 0 Å². The number of benzene rings is 2. The van der Waals surface area contributed by atoms with Gasteiger partial charge in [-0.05, 0) is 50.2 Å². The predicted molar refractivity (Wildman–Crippen MR) is 106 cm³/mol. The molecule has 0 heterocycles. The van der Waals surface area contributed by atoms with E-state index in [0.717, 1.165) is 0 Å². The molecule has 0 fully saturated rings. The lowest BCUT2D eigenvalue weighted by Crippen LogP contribution is -2.16. The van der Waals surface area contributed by atoms with Crippen LogP contribution in [-0.4, -0.2) is 27.7 Å². The van der Waals surface area contributed by atoms with E-state index in [4.69, 9.17) is 32.7 Å². The molecule has 0 spiro atoms. The molecule has 0 saturated carbocycles. The van der Waals surface area contributed by atoms with Crippen molar-refractivity contribution in [1.29, 1.82) is 0 Å². The fourth-order valence-electron chi connectivity index (χ4n) is 2.11. The van der Waals surface area contributed by atoms with Crippen LogP contribution >= 0.6 is 23.2 Å². The van der Waals surface area contributed by atoms with E-state index in [1.165, 1.54) is 36.4 Å². The van der Waals surface area contributed by atoms with Gasteiger partial charge in [-0.1, -0.05) is 23.2 Å². The SMILES string of the molecule is CCOC(=O)Nc1cc(S(=O)(=O)Nc2ccc(Cl)c(Cl)c2)ccc1OCC. The molecule has 2 N–H and O–H groups in total. The van der Waals surface area contributed by atoms with Crippen molar-refractivity contribution in [3.63, 3.8) is 0 Å². The standard InChI is InChI=1S/C17H18Cl2N2O5S/c1-3-25-16-8-6-12(10-15(16)20-17(22)26-4-2)27(23,24)21-11-5-7-13(18)14(19)9-11/h5-10,21H,3-4H2,1-2H3,(H,20,22). The number of rotatable bonds is 7. The molecule has 0 aliphatic heterocycles. The second-order valence-electron chi connectivity index (χ2n) is 5.17. The van der Waals surface area contributed by atoms with Gasteiger partial charge in [0, 0.05) is 0 Å². The summed E-state index contributed by atoms with van der Waals surface area (Å²) in [4.78, 5) is 11.6. The number of nitrogens with one attached hydrogen (secondary N) is 2. The van der Waals surface area contributed by atoms with Crippen molar-refractivity contribution >= 4 is 50.7 Å². The fraction of sp³-hybridized carbons (Fsp3) is 0.235. The zero-order valence-electron chi connectivity index (χ0n) is 14.6. The number of hydrogen-bond acceptors (Lipinski definition) is 5. The first kappa shape index (κ1) is 21.1. The van der Waals surface area contributed by atoms with E-state index in [9.17, 15) is 13.2 Å². The van der Waals surface area contributed by atoms with Crippen LogP contribution in [-0.2, 0) is 14.8 Å². The molecule has 0 radical (unpaired) electrons. The molecule has 0 aliphatic carbocycles. The number of amides is 1. The minimum atomic E-state index is -3.94. The highest BCUT2D eigenvalue weighted by atomic mass is 35.5. The van der Waals surface area contributed by atoms with E-state index in [2.05, 4.69) is 10.0 Å². The van der Waals surface area contributed by atoms with Gasteiger partial charge in [0.05, 0.1) is 39.5 Å². The molecular formula is C17H18Cl2N2O5S. The van der Waals surface area contributed by atoms with E-state index in [-0.39, 0.29) is 27.9 Å². The van der Waals surface area contributed by atoms with Crippen molar-refractivity contribution in [1.82, 2.24) is 0 Å². The summed E-state index contributed by atoms with van der Waals surface area (Å²) in [5, 5.41) is 3.00. The van der Waals surface area contributed by atoms with Crippen LogP contribution in [0.1, 0.15) is 13.8 Å². The first-order valence-corrected chi connectivity index (χ1v) is 10.2. The number of carbonyl (C=O) groups is 1. The van der Waals surface area contributed by atoms with Gasteiger partial charge in [-0.2, -0.15) is 0 Å². The number of hydrogen-bond donors (Lipinski definition) is 2. The molecule has 2 aromatic rings. The second-order valence-corrected chi connectivity index (χ2v) is 7.67. The molecule has 146 valence electrons. The molecule has 7 nitrogen and oxygen atoms in total. The highest BCUT2D eigenvalue weighted by Gasteiger charge is 2.18. The second kappa shape index (κ2) is 9.16. The normalized spacial score (nSPS) is 11.0. The highest BCUT2D eigenvalue weighted by molar-refractivity contribution is 7.92. The molecule has 27 heavy (non-hydrogen) atoms. The summed E-state index contributed by atoms with van der Waals surface area (Å²) in [5.74, 6) is 0.319. The molecule has 0 saturated heterocycles. The smallest absolute Gasteiger partial charge is 0.411 e. The summed E-state index contributed by atoms with van der Waals surface area (Å²) in [6.45, 7) is 3.94. The average molecular weight is 433 g/mol. The van der Waals surface area contributed by atoms with Crippen LogP contribution in [0.25, 0.3) is 0 Å². The van der Waals surface area contributed by atoms with Gasteiger partial charge in [0.25, 0.3) is 10.0 Å². The Morgan fingerprint density at radius 2 is 1.78 bits per heavy atom. The van der Waals surface area contributed by atoms with Crippen molar-refractivity contribution < 1.29 is 22.7 Å². The van der Waals surface area contributed by atoms with Crippen LogP contribution < -0.4 is 14.8 Å². The number of ether oxygens (including phenoxy) is 2. The van der Waals surface area contributed by atoms with E-state index in [1.54, 1.807) is 13.8 Å². The quantitative estimate of drug-likeness (QED) is 0.657. The Hall–Kier alpha value is -2.16. The van der Waals surface area contributed by atoms with Crippen molar-refractivity contribution in [3.05, 3.63) is 46.4 Å². The monoisotopic (exact) mass is 432 g/mol. The van der Waals surface area contributed by atoms with Crippen molar-refractivity contribution in [2.24, 2.45) is 0 Å². The molecule has 10 heteroatoms. The Bertz CT molecular complexity index is 935. The average Bonchev–Trinajstić information content (AvgIpc) is 2.60. The van der Waals surface area contributed by atoms with Gasteiger partial charge >= 0.3 is 6.09 Å². The van der Waals surface area contributed by atoms with Crippen molar-refractivity contribution in [2.75, 3.05) is 23.3 Å². The minimum absolute atomic E-state index is 0.0798. The topological polar surface area (TPSA) is 93.7 Å². The number of anilines is 2. The lowest BCUT2D eigenvalue weighted by atomic mass is 10.3. The molecule has 0 aliphatic rings. The van der Waals surface area contributed by atoms with Crippen LogP contribution in [0, 0.1) is 0 Å². The predicted octanol–water partition coefficient (Wildman–Crippen LogP) is 4.76. The molecule has 0 unspecified atom stereocenters. The van der Waals surface area contributed by atoms with Crippen LogP contribution in [0.2, 0.25) is 10.0 Å². The maximum absolute atomic E-state index is 12.7. The summed E-state index contributed by atoms with van der Waals surface area (Å²) in [7, 11) is -3.94. The van der Waals surface area contributed by atoms with Crippen LogP contribution in [0.5, 0.6) is 5.75 Å². The van der Waals surface area contributed by atoms with Gasteiger partial charge < -0.3 is 9.47 Å². The highest BCUT2D eigenvalue weighted by Crippen LogP contribution is 2.30. The van der Waals surface area contributed by atoms with Gasteiger partial charge in [0.1, 0.15) is 5.75 Å². The van der Waals surface area contributed by atoms with Crippen LogP contribution in [0.15, 0.2) is 41.3 Å². The summed E-state index contributed by atoms with van der Waals surface area (Å²) >= 11 is 11.7. The van der Waals surface area contributed by atoms with Gasteiger partial charge in [-0.15, -0.1) is 0 Å². The van der Waals surface area contributed by atoms with Crippen molar-refractivity contribution in [3.8, 4) is 5.75 Å². The minimum Gasteiger partial charge on any atom is -0.492 e. The third kappa shape index (κ3) is 5.66. The number of sulfonamides is 1. The van der Waals surface area contributed by atoms with Gasteiger partial charge in [0.2, 0.25) is 0 Å². The van der Waals surface area contributed by atoms with E-state index >= 15 is 0 Å². The van der Waals surface area contributed by atoms with Gasteiger partial charge in [-0.3, -0.25) is 10.0 Å². The third-order valence-corrected chi connectivity index (χ3v) is 5.36. The molecule has 0 aromatic heterocycles. The Morgan fingerprint density at radius 3 is 2.41 bits per heavy atom. The molecule has 0 atom stereocenters. The summed E-state index contributed by atoms with van der Waals surface area (Å²) in [5.41, 5.74) is 0.422. The van der Waals surface area contributed by atoms with Crippen LogP contribution in [0.4, 0.5) is 16.2 Å². The zero-order valence-corrected chi connectivity index (χ0v) is 16.9. The van der Waals surface area contributed by atoms with Crippen molar-refractivity contribution in [2.45, 2.75) is 18.7 Å².